The van der Waals surface area contributed by atoms with Gasteiger partial charge < -0.3 is 9.73 Å². The van der Waals surface area contributed by atoms with Crippen LogP contribution in [0, 0.1) is 17.0 Å². The van der Waals surface area contributed by atoms with Gasteiger partial charge >= 0.3 is 0 Å². The SMILES string of the molecule is Cc1ccc([N+](=O)[O-])cc1NC(=O)c1ccc(-c2cccc(Cl)c2Cl)o1. The van der Waals surface area contributed by atoms with Crippen molar-refractivity contribution in [2.24, 2.45) is 0 Å². The van der Waals surface area contributed by atoms with Crippen molar-refractivity contribution in [3.8, 4) is 11.3 Å². The van der Waals surface area contributed by atoms with Crippen LogP contribution in [0.5, 0.6) is 0 Å². The maximum absolute atomic E-state index is 12.4. The molecule has 0 fully saturated rings. The molecule has 1 aromatic heterocycles. The van der Waals surface area contributed by atoms with Crippen LogP contribution in [0.1, 0.15) is 16.1 Å². The second-order valence-electron chi connectivity index (χ2n) is 5.48. The number of carbonyl (C=O) groups is 1. The number of aryl methyl sites for hydroxylation is 1. The van der Waals surface area contributed by atoms with E-state index in [1.54, 1.807) is 37.3 Å². The zero-order valence-corrected chi connectivity index (χ0v) is 15.0. The lowest BCUT2D eigenvalue weighted by Crippen LogP contribution is -2.12. The number of anilines is 1. The molecule has 0 aliphatic carbocycles. The Morgan fingerprint density at radius 2 is 1.92 bits per heavy atom. The summed E-state index contributed by atoms with van der Waals surface area (Å²) in [6.07, 6.45) is 0. The van der Waals surface area contributed by atoms with E-state index in [2.05, 4.69) is 5.32 Å². The van der Waals surface area contributed by atoms with Gasteiger partial charge in [0, 0.05) is 17.7 Å². The molecule has 3 rings (SSSR count). The van der Waals surface area contributed by atoms with Crippen LogP contribution < -0.4 is 5.32 Å². The molecule has 132 valence electrons. The Bertz CT molecular complexity index is 1010. The molecule has 0 saturated carbocycles. The molecule has 0 aliphatic rings. The van der Waals surface area contributed by atoms with E-state index in [9.17, 15) is 14.9 Å². The first-order valence-electron chi connectivity index (χ1n) is 7.47. The molecule has 0 spiro atoms. The Morgan fingerprint density at radius 1 is 1.15 bits per heavy atom. The molecule has 1 heterocycles. The molecule has 26 heavy (non-hydrogen) atoms. The molecular formula is C18H12Cl2N2O4. The molecule has 0 radical (unpaired) electrons. The molecule has 0 aliphatic heterocycles. The average Bonchev–Trinajstić information content (AvgIpc) is 3.09. The third-order valence-corrected chi connectivity index (χ3v) is 4.55. The third-order valence-electron chi connectivity index (χ3n) is 3.73. The zero-order chi connectivity index (χ0) is 18.8. The van der Waals surface area contributed by atoms with Gasteiger partial charge in [0.25, 0.3) is 11.6 Å². The lowest BCUT2D eigenvalue weighted by molar-refractivity contribution is -0.384. The number of hydrogen-bond acceptors (Lipinski definition) is 4. The number of nitro groups is 1. The predicted octanol–water partition coefficient (Wildman–Crippen LogP) is 5.72. The van der Waals surface area contributed by atoms with Gasteiger partial charge in [-0.25, -0.2) is 0 Å². The van der Waals surface area contributed by atoms with E-state index >= 15 is 0 Å². The minimum atomic E-state index is -0.530. The zero-order valence-electron chi connectivity index (χ0n) is 13.5. The van der Waals surface area contributed by atoms with Gasteiger partial charge in [0.05, 0.1) is 20.7 Å². The van der Waals surface area contributed by atoms with Crippen molar-refractivity contribution in [1.82, 2.24) is 0 Å². The molecule has 6 nitrogen and oxygen atoms in total. The highest BCUT2D eigenvalue weighted by Crippen LogP contribution is 2.34. The number of nitrogens with zero attached hydrogens (tertiary/aromatic N) is 1. The average molecular weight is 391 g/mol. The lowest BCUT2D eigenvalue weighted by Gasteiger charge is -2.07. The summed E-state index contributed by atoms with van der Waals surface area (Å²) in [4.78, 5) is 22.8. The van der Waals surface area contributed by atoms with E-state index in [4.69, 9.17) is 27.6 Å². The number of rotatable bonds is 4. The minimum absolute atomic E-state index is 0.0435. The summed E-state index contributed by atoms with van der Waals surface area (Å²) in [6.45, 7) is 1.73. The summed E-state index contributed by atoms with van der Waals surface area (Å²) in [5.41, 5.74) is 1.47. The van der Waals surface area contributed by atoms with E-state index in [0.29, 0.717) is 32.6 Å². The van der Waals surface area contributed by atoms with Crippen molar-refractivity contribution < 1.29 is 14.1 Å². The Balaban J connectivity index is 1.86. The molecule has 3 aromatic rings. The molecule has 0 atom stereocenters. The minimum Gasteiger partial charge on any atom is -0.451 e. The van der Waals surface area contributed by atoms with Crippen LogP contribution in [-0.4, -0.2) is 10.8 Å². The van der Waals surface area contributed by atoms with Crippen molar-refractivity contribution in [2.75, 3.05) is 5.32 Å². The van der Waals surface area contributed by atoms with E-state index in [1.807, 2.05) is 0 Å². The normalized spacial score (nSPS) is 10.6. The summed E-state index contributed by atoms with van der Waals surface area (Å²) in [7, 11) is 0. The number of hydrogen-bond donors (Lipinski definition) is 1. The number of furan rings is 1. The number of halogens is 2. The van der Waals surface area contributed by atoms with Gasteiger partial charge in [-0.15, -0.1) is 0 Å². The highest BCUT2D eigenvalue weighted by molar-refractivity contribution is 6.43. The Hall–Kier alpha value is -2.83. The van der Waals surface area contributed by atoms with Crippen LogP contribution in [0.25, 0.3) is 11.3 Å². The fraction of sp³-hybridized carbons (Fsp3) is 0.0556. The topological polar surface area (TPSA) is 85.4 Å². The Kier molecular flexibility index (Phi) is 4.97. The first kappa shape index (κ1) is 18.0. The van der Waals surface area contributed by atoms with E-state index < -0.39 is 10.8 Å². The number of benzene rings is 2. The summed E-state index contributed by atoms with van der Waals surface area (Å²) in [6, 6.07) is 12.4. The van der Waals surface area contributed by atoms with Crippen LogP contribution >= 0.6 is 23.2 Å². The molecule has 1 N–H and O–H groups in total. The van der Waals surface area contributed by atoms with Crippen LogP contribution in [-0.2, 0) is 0 Å². The molecule has 0 unspecified atom stereocenters. The molecule has 0 saturated heterocycles. The Labute approximate surface area is 158 Å². The highest BCUT2D eigenvalue weighted by Gasteiger charge is 2.17. The smallest absolute Gasteiger partial charge is 0.291 e. The van der Waals surface area contributed by atoms with Gasteiger partial charge in [-0.2, -0.15) is 0 Å². The predicted molar refractivity (Wildman–Crippen MR) is 100.0 cm³/mol. The maximum Gasteiger partial charge on any atom is 0.291 e. The molecule has 0 bridgehead atoms. The second-order valence-corrected chi connectivity index (χ2v) is 6.26. The molecule has 8 heteroatoms. The van der Waals surface area contributed by atoms with Gasteiger partial charge in [0.2, 0.25) is 0 Å². The van der Waals surface area contributed by atoms with Crippen molar-refractivity contribution in [2.45, 2.75) is 6.92 Å². The summed E-state index contributed by atoms with van der Waals surface area (Å²) in [5, 5.41) is 14.2. The second kappa shape index (κ2) is 7.19. The lowest BCUT2D eigenvalue weighted by atomic mass is 10.1. The van der Waals surface area contributed by atoms with Crippen molar-refractivity contribution >= 4 is 40.5 Å². The quantitative estimate of drug-likeness (QED) is 0.455. The van der Waals surface area contributed by atoms with Gasteiger partial charge in [-0.1, -0.05) is 35.3 Å². The number of amides is 1. The van der Waals surface area contributed by atoms with Crippen LogP contribution in [0.15, 0.2) is 52.9 Å². The molecule has 2 aromatic carbocycles. The summed E-state index contributed by atoms with van der Waals surface area (Å²) in [5.74, 6) is -0.0987. The number of nitro benzene ring substituents is 1. The fourth-order valence-electron chi connectivity index (χ4n) is 2.34. The van der Waals surface area contributed by atoms with E-state index in [-0.39, 0.29) is 11.4 Å². The van der Waals surface area contributed by atoms with Crippen molar-refractivity contribution in [3.63, 3.8) is 0 Å². The number of carbonyl (C=O) groups excluding carboxylic acids is 1. The maximum atomic E-state index is 12.4. The highest BCUT2D eigenvalue weighted by atomic mass is 35.5. The van der Waals surface area contributed by atoms with Crippen molar-refractivity contribution in [1.29, 1.82) is 0 Å². The van der Waals surface area contributed by atoms with Gasteiger partial charge in [-0.3, -0.25) is 14.9 Å². The first-order valence-corrected chi connectivity index (χ1v) is 8.23. The van der Waals surface area contributed by atoms with E-state index in [1.165, 1.54) is 18.2 Å². The number of nitrogens with one attached hydrogen (secondary N) is 1. The van der Waals surface area contributed by atoms with Crippen LogP contribution in [0.3, 0.4) is 0 Å². The van der Waals surface area contributed by atoms with Gasteiger partial charge in [0.1, 0.15) is 5.76 Å². The van der Waals surface area contributed by atoms with E-state index in [0.717, 1.165) is 0 Å². The summed E-state index contributed by atoms with van der Waals surface area (Å²) < 4.78 is 5.57. The molecule has 1 amide bonds. The van der Waals surface area contributed by atoms with Crippen LogP contribution in [0.2, 0.25) is 10.0 Å². The monoisotopic (exact) mass is 390 g/mol. The fourth-order valence-corrected chi connectivity index (χ4v) is 2.73. The Morgan fingerprint density at radius 3 is 2.65 bits per heavy atom. The largest absolute Gasteiger partial charge is 0.451 e. The standard InChI is InChI=1S/C18H12Cl2N2O4/c1-10-5-6-11(22(24)25)9-14(10)21-18(23)16-8-7-15(26-16)12-3-2-4-13(19)17(12)20/h2-9H,1H3,(H,21,23). The third kappa shape index (κ3) is 3.56. The van der Waals surface area contributed by atoms with Gasteiger partial charge in [0.15, 0.2) is 5.76 Å². The molecular weight excluding hydrogens is 379 g/mol. The first-order chi connectivity index (χ1) is 12.4. The van der Waals surface area contributed by atoms with Crippen molar-refractivity contribution in [3.05, 3.63) is 80.0 Å². The summed E-state index contributed by atoms with van der Waals surface area (Å²) >= 11 is 12.1. The number of non-ortho nitro benzene ring substituents is 1. The van der Waals surface area contributed by atoms with Gasteiger partial charge in [-0.05, 0) is 36.8 Å². The van der Waals surface area contributed by atoms with Crippen LogP contribution in [0.4, 0.5) is 11.4 Å².